The van der Waals surface area contributed by atoms with Gasteiger partial charge in [0.1, 0.15) is 0 Å². The third-order valence-corrected chi connectivity index (χ3v) is 4.69. The van der Waals surface area contributed by atoms with Crippen LogP contribution in [0.25, 0.3) is 0 Å². The van der Waals surface area contributed by atoms with Gasteiger partial charge in [0, 0.05) is 57.4 Å². The largest absolute Gasteiger partial charge is 0.374 e. The van der Waals surface area contributed by atoms with Crippen LogP contribution in [0.5, 0.6) is 0 Å². The van der Waals surface area contributed by atoms with Crippen LogP contribution in [-0.2, 0) is 4.74 Å². The highest BCUT2D eigenvalue weighted by Gasteiger charge is 2.29. The SMILES string of the molecule is CC(C)N1CC(OCCN2CCN(C(C)(C)C)CC2)C1. The average molecular weight is 283 g/mol. The molecule has 2 aliphatic rings. The highest BCUT2D eigenvalue weighted by atomic mass is 16.5. The van der Waals surface area contributed by atoms with Crippen molar-refractivity contribution in [3.8, 4) is 0 Å². The van der Waals surface area contributed by atoms with E-state index in [0.29, 0.717) is 17.7 Å². The van der Waals surface area contributed by atoms with E-state index in [1.807, 2.05) is 0 Å². The first-order chi connectivity index (χ1) is 9.36. The predicted octanol–water partition coefficient (Wildman–Crippen LogP) is 1.51. The first-order valence-electron chi connectivity index (χ1n) is 8.19. The molecule has 0 aromatic heterocycles. The second-order valence-corrected chi connectivity index (χ2v) is 7.54. The van der Waals surface area contributed by atoms with Crippen molar-refractivity contribution in [2.75, 3.05) is 52.4 Å². The Morgan fingerprint density at radius 1 is 1.05 bits per heavy atom. The number of likely N-dealkylation sites (tertiary alicyclic amines) is 1. The molecule has 0 aliphatic carbocycles. The second-order valence-electron chi connectivity index (χ2n) is 7.54. The zero-order valence-corrected chi connectivity index (χ0v) is 14.1. The molecule has 118 valence electrons. The first-order valence-corrected chi connectivity index (χ1v) is 8.19. The van der Waals surface area contributed by atoms with Crippen molar-refractivity contribution in [1.82, 2.24) is 14.7 Å². The summed E-state index contributed by atoms with van der Waals surface area (Å²) >= 11 is 0. The molecule has 2 rings (SSSR count). The van der Waals surface area contributed by atoms with E-state index in [1.165, 1.54) is 26.2 Å². The van der Waals surface area contributed by atoms with E-state index in [2.05, 4.69) is 49.3 Å². The van der Waals surface area contributed by atoms with Crippen molar-refractivity contribution in [3.05, 3.63) is 0 Å². The Morgan fingerprint density at radius 2 is 1.65 bits per heavy atom. The van der Waals surface area contributed by atoms with Crippen LogP contribution in [0.15, 0.2) is 0 Å². The van der Waals surface area contributed by atoms with Gasteiger partial charge in [-0.25, -0.2) is 0 Å². The van der Waals surface area contributed by atoms with Gasteiger partial charge in [0.05, 0.1) is 12.7 Å². The van der Waals surface area contributed by atoms with Crippen LogP contribution in [-0.4, -0.2) is 84.8 Å². The molecule has 2 heterocycles. The van der Waals surface area contributed by atoms with Crippen molar-refractivity contribution in [2.45, 2.75) is 52.3 Å². The summed E-state index contributed by atoms with van der Waals surface area (Å²) in [6.45, 7) is 20.4. The van der Waals surface area contributed by atoms with Crippen LogP contribution < -0.4 is 0 Å². The van der Waals surface area contributed by atoms with Gasteiger partial charge in [0.2, 0.25) is 0 Å². The summed E-state index contributed by atoms with van der Waals surface area (Å²) in [7, 11) is 0. The molecule has 0 atom stereocenters. The number of ether oxygens (including phenoxy) is 1. The van der Waals surface area contributed by atoms with Crippen molar-refractivity contribution < 1.29 is 4.74 Å². The van der Waals surface area contributed by atoms with Crippen LogP contribution in [0.2, 0.25) is 0 Å². The van der Waals surface area contributed by atoms with Crippen molar-refractivity contribution in [1.29, 1.82) is 0 Å². The number of hydrogen-bond donors (Lipinski definition) is 0. The van der Waals surface area contributed by atoms with Crippen LogP contribution >= 0.6 is 0 Å². The van der Waals surface area contributed by atoms with Gasteiger partial charge in [-0.15, -0.1) is 0 Å². The monoisotopic (exact) mass is 283 g/mol. The zero-order chi connectivity index (χ0) is 14.8. The Kier molecular flexibility index (Phi) is 5.46. The molecule has 2 saturated heterocycles. The van der Waals surface area contributed by atoms with Crippen LogP contribution in [0.3, 0.4) is 0 Å². The maximum absolute atomic E-state index is 5.96. The number of nitrogens with zero attached hydrogens (tertiary/aromatic N) is 3. The average Bonchev–Trinajstić information content (AvgIpc) is 2.31. The molecule has 4 nitrogen and oxygen atoms in total. The summed E-state index contributed by atoms with van der Waals surface area (Å²) in [5.41, 5.74) is 0.314. The second kappa shape index (κ2) is 6.73. The fourth-order valence-electron chi connectivity index (χ4n) is 2.99. The van der Waals surface area contributed by atoms with Gasteiger partial charge < -0.3 is 4.74 Å². The van der Waals surface area contributed by atoms with Crippen LogP contribution in [0.1, 0.15) is 34.6 Å². The molecule has 0 spiro atoms. The summed E-state index contributed by atoms with van der Waals surface area (Å²) in [5.74, 6) is 0. The van der Waals surface area contributed by atoms with Gasteiger partial charge in [-0.05, 0) is 34.6 Å². The number of piperazine rings is 1. The number of hydrogen-bond acceptors (Lipinski definition) is 4. The third kappa shape index (κ3) is 4.42. The zero-order valence-electron chi connectivity index (χ0n) is 14.1. The lowest BCUT2D eigenvalue weighted by Gasteiger charge is -2.43. The van der Waals surface area contributed by atoms with Crippen molar-refractivity contribution in [2.24, 2.45) is 0 Å². The minimum Gasteiger partial charge on any atom is -0.374 e. The van der Waals surface area contributed by atoms with Crippen molar-refractivity contribution >= 4 is 0 Å². The van der Waals surface area contributed by atoms with Gasteiger partial charge >= 0.3 is 0 Å². The smallest absolute Gasteiger partial charge is 0.0829 e. The number of rotatable bonds is 5. The van der Waals surface area contributed by atoms with Gasteiger partial charge in [-0.2, -0.15) is 0 Å². The molecule has 0 N–H and O–H groups in total. The van der Waals surface area contributed by atoms with Crippen molar-refractivity contribution in [3.63, 3.8) is 0 Å². The van der Waals surface area contributed by atoms with Gasteiger partial charge in [0.25, 0.3) is 0 Å². The lowest BCUT2D eigenvalue weighted by atomic mass is 10.1. The van der Waals surface area contributed by atoms with E-state index in [1.54, 1.807) is 0 Å². The fourth-order valence-corrected chi connectivity index (χ4v) is 2.99. The van der Waals surface area contributed by atoms with Crippen LogP contribution in [0.4, 0.5) is 0 Å². The normalized spacial score (nSPS) is 24.3. The van der Waals surface area contributed by atoms with Gasteiger partial charge in [0.15, 0.2) is 0 Å². The molecule has 0 aromatic carbocycles. The quantitative estimate of drug-likeness (QED) is 0.761. The Labute approximate surface area is 125 Å². The molecule has 2 fully saturated rings. The van der Waals surface area contributed by atoms with E-state index in [-0.39, 0.29) is 0 Å². The Bertz CT molecular complexity index is 287. The molecule has 0 aromatic rings. The lowest BCUT2D eigenvalue weighted by molar-refractivity contribution is -0.0729. The maximum Gasteiger partial charge on any atom is 0.0829 e. The molecule has 4 heteroatoms. The molecule has 0 bridgehead atoms. The molecule has 0 radical (unpaired) electrons. The summed E-state index contributed by atoms with van der Waals surface area (Å²) < 4.78 is 5.96. The Morgan fingerprint density at radius 3 is 2.15 bits per heavy atom. The molecule has 0 unspecified atom stereocenters. The Balaban J connectivity index is 1.54. The van der Waals surface area contributed by atoms with Crippen LogP contribution in [0, 0.1) is 0 Å². The summed E-state index contributed by atoms with van der Waals surface area (Å²) in [4.78, 5) is 7.59. The molecule has 2 aliphatic heterocycles. The summed E-state index contributed by atoms with van der Waals surface area (Å²) in [6.07, 6.45) is 0.480. The van der Waals surface area contributed by atoms with E-state index in [4.69, 9.17) is 4.74 Å². The van der Waals surface area contributed by atoms with E-state index in [9.17, 15) is 0 Å². The summed E-state index contributed by atoms with van der Waals surface area (Å²) in [5, 5.41) is 0. The molecule has 20 heavy (non-hydrogen) atoms. The van der Waals surface area contributed by atoms with E-state index in [0.717, 1.165) is 26.2 Å². The van der Waals surface area contributed by atoms with E-state index >= 15 is 0 Å². The van der Waals surface area contributed by atoms with E-state index < -0.39 is 0 Å². The fraction of sp³-hybridized carbons (Fsp3) is 1.00. The standard InChI is InChI=1S/C16H33N3O/c1-14(2)18-12-15(13-18)20-11-10-17-6-8-19(9-7-17)16(3,4)5/h14-15H,6-13H2,1-5H3. The first kappa shape index (κ1) is 16.2. The summed E-state index contributed by atoms with van der Waals surface area (Å²) in [6, 6.07) is 0.667. The minimum absolute atomic E-state index is 0.314. The van der Waals surface area contributed by atoms with Gasteiger partial charge in [-0.3, -0.25) is 14.7 Å². The maximum atomic E-state index is 5.96. The van der Waals surface area contributed by atoms with Gasteiger partial charge in [-0.1, -0.05) is 0 Å². The molecular formula is C16H33N3O. The molecule has 0 saturated carbocycles. The third-order valence-electron chi connectivity index (χ3n) is 4.69. The molecular weight excluding hydrogens is 250 g/mol. The predicted molar refractivity (Wildman–Crippen MR) is 84.2 cm³/mol. The lowest BCUT2D eigenvalue weighted by Crippen LogP contribution is -2.56. The minimum atomic E-state index is 0.314. The Hall–Kier alpha value is -0.160. The highest BCUT2D eigenvalue weighted by Crippen LogP contribution is 2.17. The topological polar surface area (TPSA) is 19.0 Å². The molecule has 0 amide bonds. The highest BCUT2D eigenvalue weighted by molar-refractivity contribution is 4.84.